The van der Waals surface area contributed by atoms with Gasteiger partial charge in [0.15, 0.2) is 0 Å². The van der Waals surface area contributed by atoms with E-state index in [1.54, 1.807) is 24.0 Å². The van der Waals surface area contributed by atoms with Crippen LogP contribution in [0.4, 0.5) is 5.69 Å². The number of nitrogens with zero attached hydrogens (tertiary/aromatic N) is 2. The number of carbonyl (C=O) groups is 1. The first-order chi connectivity index (χ1) is 13.9. The molecule has 1 atom stereocenters. The van der Waals surface area contributed by atoms with Gasteiger partial charge in [-0.25, -0.2) is 8.42 Å². The molecule has 0 saturated carbocycles. The minimum atomic E-state index is -3.79. The standard InChI is InChI=1S/C21H27N3O4S/c1-3-28-19-9-11-20(12-10-19)29(26,27)22-17(2)21(25)24-15-13-23(14-16-24)18-7-5-4-6-8-18/h4-12,17,22H,3,13-16H2,1-2H3/t17-/m0/s1. The Bertz CT molecular complexity index is 909. The summed E-state index contributed by atoms with van der Waals surface area (Å²) in [7, 11) is -3.79. The molecule has 0 bridgehead atoms. The Morgan fingerprint density at radius 3 is 2.24 bits per heavy atom. The topological polar surface area (TPSA) is 78.9 Å². The lowest BCUT2D eigenvalue weighted by Crippen LogP contribution is -2.54. The fourth-order valence-corrected chi connectivity index (χ4v) is 4.53. The van der Waals surface area contributed by atoms with Gasteiger partial charge in [-0.15, -0.1) is 0 Å². The third-order valence-corrected chi connectivity index (χ3v) is 6.42. The molecule has 0 radical (unpaired) electrons. The number of rotatable bonds is 7. The number of sulfonamides is 1. The molecule has 1 aliphatic rings. The first-order valence-electron chi connectivity index (χ1n) is 9.74. The van der Waals surface area contributed by atoms with Crippen LogP contribution in [-0.4, -0.2) is 58.1 Å². The maximum absolute atomic E-state index is 12.8. The molecule has 29 heavy (non-hydrogen) atoms. The molecule has 0 aliphatic carbocycles. The monoisotopic (exact) mass is 417 g/mol. The van der Waals surface area contributed by atoms with Crippen molar-refractivity contribution in [3.8, 4) is 5.75 Å². The normalized spacial score (nSPS) is 15.8. The first kappa shape index (κ1) is 21.1. The predicted molar refractivity (Wildman–Crippen MR) is 113 cm³/mol. The van der Waals surface area contributed by atoms with E-state index in [-0.39, 0.29) is 10.8 Å². The highest BCUT2D eigenvalue weighted by molar-refractivity contribution is 7.89. The lowest BCUT2D eigenvalue weighted by molar-refractivity contribution is -0.132. The molecule has 7 nitrogen and oxygen atoms in total. The van der Waals surface area contributed by atoms with Gasteiger partial charge in [0, 0.05) is 31.9 Å². The van der Waals surface area contributed by atoms with Crippen LogP contribution < -0.4 is 14.4 Å². The van der Waals surface area contributed by atoms with Gasteiger partial charge in [0.05, 0.1) is 17.5 Å². The second-order valence-electron chi connectivity index (χ2n) is 6.90. The van der Waals surface area contributed by atoms with E-state index in [0.29, 0.717) is 38.5 Å². The predicted octanol–water partition coefficient (Wildman–Crippen LogP) is 2.10. The number of ether oxygens (including phenoxy) is 1. The quantitative estimate of drug-likeness (QED) is 0.746. The minimum Gasteiger partial charge on any atom is -0.494 e. The highest BCUT2D eigenvalue weighted by Crippen LogP contribution is 2.18. The Kier molecular flexibility index (Phi) is 6.76. The first-order valence-corrected chi connectivity index (χ1v) is 11.2. The zero-order valence-corrected chi connectivity index (χ0v) is 17.6. The van der Waals surface area contributed by atoms with Crippen LogP contribution in [-0.2, 0) is 14.8 Å². The molecule has 2 aromatic rings. The van der Waals surface area contributed by atoms with Gasteiger partial charge < -0.3 is 14.5 Å². The summed E-state index contributed by atoms with van der Waals surface area (Å²) in [5.41, 5.74) is 1.13. The second kappa shape index (κ2) is 9.28. The van der Waals surface area contributed by atoms with Crippen LogP contribution in [0.1, 0.15) is 13.8 Å². The largest absolute Gasteiger partial charge is 0.494 e. The van der Waals surface area contributed by atoms with Crippen LogP contribution in [0.25, 0.3) is 0 Å². The smallest absolute Gasteiger partial charge is 0.241 e. The number of anilines is 1. The molecule has 156 valence electrons. The van der Waals surface area contributed by atoms with E-state index in [9.17, 15) is 13.2 Å². The number of hydrogen-bond acceptors (Lipinski definition) is 5. The number of amides is 1. The lowest BCUT2D eigenvalue weighted by atomic mass is 10.2. The number of para-hydroxylation sites is 1. The van der Waals surface area contributed by atoms with Crippen molar-refractivity contribution in [1.29, 1.82) is 0 Å². The van der Waals surface area contributed by atoms with E-state index in [2.05, 4.69) is 9.62 Å². The Labute approximate surface area is 172 Å². The highest BCUT2D eigenvalue weighted by Gasteiger charge is 2.28. The summed E-state index contributed by atoms with van der Waals surface area (Å²) in [6.07, 6.45) is 0. The van der Waals surface area contributed by atoms with Crippen LogP contribution in [0.15, 0.2) is 59.5 Å². The zero-order valence-electron chi connectivity index (χ0n) is 16.7. The summed E-state index contributed by atoms with van der Waals surface area (Å²) in [5.74, 6) is 0.388. The molecule has 1 aliphatic heterocycles. The summed E-state index contributed by atoms with van der Waals surface area (Å²) in [4.78, 5) is 16.8. The van der Waals surface area contributed by atoms with E-state index >= 15 is 0 Å². The summed E-state index contributed by atoms with van der Waals surface area (Å²) in [6.45, 7) is 6.50. The van der Waals surface area contributed by atoms with Crippen molar-refractivity contribution >= 4 is 21.6 Å². The fourth-order valence-electron chi connectivity index (χ4n) is 3.33. The SMILES string of the molecule is CCOc1ccc(S(=O)(=O)N[C@@H](C)C(=O)N2CCN(c3ccccc3)CC2)cc1. The van der Waals surface area contributed by atoms with Crippen LogP contribution in [0.3, 0.4) is 0 Å². The maximum atomic E-state index is 12.8. The molecule has 2 aromatic carbocycles. The fraction of sp³-hybridized carbons (Fsp3) is 0.381. The summed E-state index contributed by atoms with van der Waals surface area (Å²) in [5, 5.41) is 0. The van der Waals surface area contributed by atoms with Gasteiger partial charge in [-0.2, -0.15) is 4.72 Å². The molecular weight excluding hydrogens is 390 g/mol. The van der Waals surface area contributed by atoms with E-state index in [0.717, 1.165) is 5.69 Å². The molecule has 1 saturated heterocycles. The average molecular weight is 418 g/mol. The molecule has 1 fully saturated rings. The summed E-state index contributed by atoms with van der Waals surface area (Å²) in [6, 6.07) is 15.4. The second-order valence-corrected chi connectivity index (χ2v) is 8.61. The molecule has 8 heteroatoms. The van der Waals surface area contributed by atoms with Gasteiger partial charge in [-0.1, -0.05) is 18.2 Å². The van der Waals surface area contributed by atoms with Crippen molar-refractivity contribution in [2.45, 2.75) is 24.8 Å². The molecule has 0 spiro atoms. The van der Waals surface area contributed by atoms with Gasteiger partial charge in [0.1, 0.15) is 5.75 Å². The lowest BCUT2D eigenvalue weighted by Gasteiger charge is -2.37. The average Bonchev–Trinajstić information content (AvgIpc) is 2.74. The molecule has 0 unspecified atom stereocenters. The Hall–Kier alpha value is -2.58. The molecule has 3 rings (SSSR count). The molecule has 1 amide bonds. The number of nitrogens with one attached hydrogen (secondary N) is 1. The molecule has 0 aromatic heterocycles. The van der Waals surface area contributed by atoms with Crippen molar-refractivity contribution in [2.75, 3.05) is 37.7 Å². The minimum absolute atomic E-state index is 0.106. The zero-order chi connectivity index (χ0) is 20.9. The third-order valence-electron chi connectivity index (χ3n) is 4.86. The van der Waals surface area contributed by atoms with Crippen LogP contribution in [0.2, 0.25) is 0 Å². The highest BCUT2D eigenvalue weighted by atomic mass is 32.2. The summed E-state index contributed by atoms with van der Waals surface area (Å²) < 4.78 is 33.0. The van der Waals surface area contributed by atoms with Crippen molar-refractivity contribution in [3.63, 3.8) is 0 Å². The van der Waals surface area contributed by atoms with Gasteiger partial charge >= 0.3 is 0 Å². The van der Waals surface area contributed by atoms with E-state index in [1.165, 1.54) is 12.1 Å². The van der Waals surface area contributed by atoms with E-state index in [4.69, 9.17) is 4.74 Å². The van der Waals surface area contributed by atoms with Crippen LogP contribution in [0.5, 0.6) is 5.75 Å². The van der Waals surface area contributed by atoms with E-state index in [1.807, 2.05) is 37.3 Å². The van der Waals surface area contributed by atoms with E-state index < -0.39 is 16.1 Å². The van der Waals surface area contributed by atoms with Gasteiger partial charge in [0.2, 0.25) is 15.9 Å². The van der Waals surface area contributed by atoms with Gasteiger partial charge in [-0.05, 0) is 50.2 Å². The maximum Gasteiger partial charge on any atom is 0.241 e. The Morgan fingerprint density at radius 2 is 1.66 bits per heavy atom. The molecule has 1 N–H and O–H groups in total. The molecular formula is C21H27N3O4S. The summed E-state index contributed by atoms with van der Waals surface area (Å²) >= 11 is 0. The van der Waals surface area contributed by atoms with Crippen LogP contribution in [0, 0.1) is 0 Å². The van der Waals surface area contributed by atoms with Gasteiger partial charge in [0.25, 0.3) is 0 Å². The van der Waals surface area contributed by atoms with Crippen molar-refractivity contribution in [1.82, 2.24) is 9.62 Å². The number of benzene rings is 2. The van der Waals surface area contributed by atoms with Gasteiger partial charge in [-0.3, -0.25) is 4.79 Å². The van der Waals surface area contributed by atoms with Crippen molar-refractivity contribution in [3.05, 3.63) is 54.6 Å². The third kappa shape index (κ3) is 5.27. The number of carbonyl (C=O) groups excluding carboxylic acids is 1. The van der Waals surface area contributed by atoms with Crippen molar-refractivity contribution in [2.24, 2.45) is 0 Å². The Balaban J connectivity index is 1.57. The van der Waals surface area contributed by atoms with Crippen molar-refractivity contribution < 1.29 is 17.9 Å². The Morgan fingerprint density at radius 1 is 1.03 bits per heavy atom. The number of hydrogen-bond donors (Lipinski definition) is 1. The number of piperazine rings is 1. The van der Waals surface area contributed by atoms with Crippen LogP contribution >= 0.6 is 0 Å². The molecule has 1 heterocycles.